The van der Waals surface area contributed by atoms with E-state index in [-0.39, 0.29) is 5.70 Å². The predicted molar refractivity (Wildman–Crippen MR) is 120 cm³/mol. The fourth-order valence-electron chi connectivity index (χ4n) is 2.83. The number of cyclic esters (lactones) is 1. The first-order valence-corrected chi connectivity index (χ1v) is 10.6. The van der Waals surface area contributed by atoms with Gasteiger partial charge in [0.1, 0.15) is 30.5 Å². The highest BCUT2D eigenvalue weighted by Crippen LogP contribution is 2.28. The quantitative estimate of drug-likeness (QED) is 0.265. The Labute approximate surface area is 188 Å². The zero-order valence-corrected chi connectivity index (χ0v) is 18.1. The molecule has 1 aliphatic rings. The first-order valence-electron chi connectivity index (χ1n) is 9.38. The van der Waals surface area contributed by atoms with Gasteiger partial charge in [0, 0.05) is 16.7 Å². The molecule has 0 amide bonds. The molecular formula is C23H18ClNO5S. The smallest absolute Gasteiger partial charge is 0.363 e. The summed E-state index contributed by atoms with van der Waals surface area (Å²) < 4.78 is 22.0. The number of halogens is 1. The van der Waals surface area contributed by atoms with Crippen molar-refractivity contribution in [3.05, 3.63) is 81.1 Å². The fraction of sp³-hybridized carbons (Fsp3) is 0.130. The Kier molecular flexibility index (Phi) is 6.54. The van der Waals surface area contributed by atoms with E-state index in [2.05, 4.69) is 4.99 Å². The number of carbonyl (C=O) groups excluding carboxylic acids is 1. The first kappa shape index (κ1) is 21.0. The van der Waals surface area contributed by atoms with Crippen LogP contribution in [-0.2, 0) is 9.53 Å². The maximum Gasteiger partial charge on any atom is 0.363 e. The number of esters is 1. The largest absolute Gasteiger partial charge is 0.497 e. The van der Waals surface area contributed by atoms with Crippen molar-refractivity contribution in [2.45, 2.75) is 0 Å². The van der Waals surface area contributed by atoms with Crippen molar-refractivity contribution < 1.29 is 23.7 Å². The Bertz CT molecular complexity index is 1140. The standard InChI is InChI=1S/C23H18ClNO5S/c1-27-17-4-2-5-18(14-17)28-9-10-29-20-8-7-16(24)12-15(20)13-19-23(26)30-22(25-19)21-6-3-11-31-21/h2-8,11-14H,9-10H2,1H3/b19-13+. The molecule has 2 heterocycles. The number of nitrogens with zero attached hydrogens (tertiary/aromatic N) is 1. The van der Waals surface area contributed by atoms with Gasteiger partial charge in [-0.2, -0.15) is 0 Å². The van der Waals surface area contributed by atoms with Crippen LogP contribution in [0.5, 0.6) is 17.2 Å². The summed E-state index contributed by atoms with van der Waals surface area (Å²) >= 11 is 7.59. The molecule has 0 atom stereocenters. The van der Waals surface area contributed by atoms with Crippen LogP contribution in [-0.4, -0.2) is 32.2 Å². The van der Waals surface area contributed by atoms with Crippen LogP contribution in [0.4, 0.5) is 0 Å². The van der Waals surface area contributed by atoms with Crippen molar-refractivity contribution in [2.24, 2.45) is 4.99 Å². The van der Waals surface area contributed by atoms with Crippen LogP contribution in [0, 0.1) is 0 Å². The van der Waals surface area contributed by atoms with Gasteiger partial charge >= 0.3 is 5.97 Å². The molecule has 0 unspecified atom stereocenters. The topological polar surface area (TPSA) is 66.3 Å². The van der Waals surface area contributed by atoms with Crippen molar-refractivity contribution in [1.29, 1.82) is 0 Å². The highest BCUT2D eigenvalue weighted by Gasteiger charge is 2.25. The van der Waals surface area contributed by atoms with Gasteiger partial charge < -0.3 is 18.9 Å². The number of aliphatic imine (C=N–C) groups is 1. The molecule has 1 aliphatic heterocycles. The lowest BCUT2D eigenvalue weighted by Gasteiger charge is -2.11. The molecule has 0 fully saturated rings. The molecule has 4 rings (SSSR count). The third-order valence-corrected chi connectivity index (χ3v) is 5.36. The maximum atomic E-state index is 12.2. The third-order valence-electron chi connectivity index (χ3n) is 4.27. The highest BCUT2D eigenvalue weighted by molar-refractivity contribution is 7.12. The molecule has 0 saturated carbocycles. The second-order valence-electron chi connectivity index (χ2n) is 6.37. The summed E-state index contributed by atoms with van der Waals surface area (Å²) in [4.78, 5) is 17.3. The van der Waals surface area contributed by atoms with E-state index >= 15 is 0 Å². The average Bonchev–Trinajstić information content (AvgIpc) is 3.43. The van der Waals surface area contributed by atoms with E-state index in [1.807, 2.05) is 35.7 Å². The SMILES string of the molecule is COc1cccc(OCCOc2ccc(Cl)cc2/C=C2/N=C(c3cccs3)OC2=O)c1. The predicted octanol–water partition coefficient (Wildman–Crippen LogP) is 5.21. The monoisotopic (exact) mass is 455 g/mol. The van der Waals surface area contributed by atoms with Crippen molar-refractivity contribution in [1.82, 2.24) is 0 Å². The second-order valence-corrected chi connectivity index (χ2v) is 7.76. The van der Waals surface area contributed by atoms with E-state index in [1.54, 1.807) is 37.5 Å². The van der Waals surface area contributed by atoms with Crippen molar-refractivity contribution in [3.8, 4) is 17.2 Å². The zero-order valence-electron chi connectivity index (χ0n) is 16.5. The van der Waals surface area contributed by atoms with Crippen molar-refractivity contribution in [2.75, 3.05) is 20.3 Å². The van der Waals surface area contributed by atoms with E-state index in [0.29, 0.717) is 41.2 Å². The lowest BCUT2D eigenvalue weighted by atomic mass is 10.1. The number of methoxy groups -OCH3 is 1. The van der Waals surface area contributed by atoms with Gasteiger partial charge in [-0.3, -0.25) is 0 Å². The van der Waals surface area contributed by atoms with Crippen LogP contribution in [0.25, 0.3) is 6.08 Å². The van der Waals surface area contributed by atoms with Crippen LogP contribution < -0.4 is 14.2 Å². The van der Waals surface area contributed by atoms with Gasteiger partial charge in [-0.1, -0.05) is 23.7 Å². The minimum atomic E-state index is -0.518. The summed E-state index contributed by atoms with van der Waals surface area (Å²) in [5.74, 6) is 1.73. The normalized spacial score (nSPS) is 14.3. The molecule has 6 nitrogen and oxygen atoms in total. The Balaban J connectivity index is 1.45. The Morgan fingerprint density at radius 3 is 2.71 bits per heavy atom. The fourth-order valence-corrected chi connectivity index (χ4v) is 3.66. The molecule has 1 aromatic heterocycles. The number of carbonyl (C=O) groups is 1. The van der Waals surface area contributed by atoms with Crippen LogP contribution >= 0.6 is 22.9 Å². The molecular weight excluding hydrogens is 438 g/mol. The summed E-state index contributed by atoms with van der Waals surface area (Å²) in [6, 6.07) is 16.2. The number of hydrogen-bond donors (Lipinski definition) is 0. The average molecular weight is 456 g/mol. The molecule has 31 heavy (non-hydrogen) atoms. The second kappa shape index (κ2) is 9.68. The van der Waals surface area contributed by atoms with Gasteiger partial charge in [0.15, 0.2) is 5.70 Å². The molecule has 158 valence electrons. The van der Waals surface area contributed by atoms with Gasteiger partial charge in [0.05, 0.1) is 12.0 Å². The van der Waals surface area contributed by atoms with Gasteiger partial charge in [-0.05, 0) is 47.9 Å². The lowest BCUT2D eigenvalue weighted by Crippen LogP contribution is -2.09. The third kappa shape index (κ3) is 5.25. The van der Waals surface area contributed by atoms with Crippen molar-refractivity contribution in [3.63, 3.8) is 0 Å². The van der Waals surface area contributed by atoms with E-state index < -0.39 is 5.97 Å². The highest BCUT2D eigenvalue weighted by atomic mass is 35.5. The molecule has 8 heteroatoms. The molecule has 0 saturated heterocycles. The van der Waals surface area contributed by atoms with Gasteiger partial charge in [0.2, 0.25) is 5.90 Å². The van der Waals surface area contributed by atoms with E-state index in [9.17, 15) is 4.79 Å². The molecule has 2 aromatic carbocycles. The zero-order chi connectivity index (χ0) is 21.6. The number of thiophene rings is 1. The van der Waals surface area contributed by atoms with E-state index in [1.165, 1.54) is 11.3 Å². The summed E-state index contributed by atoms with van der Waals surface area (Å²) in [6.07, 6.45) is 1.60. The maximum absolute atomic E-state index is 12.2. The van der Waals surface area contributed by atoms with Gasteiger partial charge in [-0.25, -0.2) is 9.79 Å². The number of rotatable bonds is 8. The molecule has 0 radical (unpaired) electrons. The molecule has 3 aromatic rings. The summed E-state index contributed by atoms with van der Waals surface area (Å²) in [7, 11) is 1.60. The van der Waals surface area contributed by atoms with Gasteiger partial charge in [0.25, 0.3) is 0 Å². The van der Waals surface area contributed by atoms with Crippen LogP contribution in [0.1, 0.15) is 10.4 Å². The minimum absolute atomic E-state index is 0.183. The molecule has 0 aliphatic carbocycles. The summed E-state index contributed by atoms with van der Waals surface area (Å²) in [6.45, 7) is 0.623. The van der Waals surface area contributed by atoms with E-state index in [0.717, 1.165) is 10.6 Å². The molecule has 0 spiro atoms. The number of hydrogen-bond acceptors (Lipinski definition) is 7. The molecule has 0 bridgehead atoms. The Morgan fingerprint density at radius 2 is 1.90 bits per heavy atom. The van der Waals surface area contributed by atoms with Crippen LogP contribution in [0.3, 0.4) is 0 Å². The summed E-state index contributed by atoms with van der Waals surface area (Å²) in [5, 5.41) is 2.41. The first-order chi connectivity index (χ1) is 15.1. The molecule has 0 N–H and O–H groups in total. The van der Waals surface area contributed by atoms with E-state index in [4.69, 9.17) is 30.5 Å². The number of benzene rings is 2. The number of ether oxygens (including phenoxy) is 4. The lowest BCUT2D eigenvalue weighted by molar-refractivity contribution is -0.129. The summed E-state index contributed by atoms with van der Waals surface area (Å²) in [5.41, 5.74) is 0.806. The van der Waals surface area contributed by atoms with Crippen LogP contribution in [0.2, 0.25) is 5.02 Å². The van der Waals surface area contributed by atoms with Gasteiger partial charge in [-0.15, -0.1) is 11.3 Å². The Morgan fingerprint density at radius 1 is 1.06 bits per heavy atom. The van der Waals surface area contributed by atoms with Crippen LogP contribution in [0.15, 0.2) is 70.7 Å². The van der Waals surface area contributed by atoms with Crippen molar-refractivity contribution >= 4 is 40.9 Å². The Hall–Kier alpha value is -3.29. The minimum Gasteiger partial charge on any atom is -0.497 e.